The molecule has 3 N–H and O–H groups in total. The molecular formula is C36H35Cl2F3N4O3. The smallest absolute Gasteiger partial charge is 0.395 e. The lowest BCUT2D eigenvalue weighted by Crippen LogP contribution is -2.29. The summed E-state index contributed by atoms with van der Waals surface area (Å²) in [6.45, 7) is 2.81. The van der Waals surface area contributed by atoms with E-state index in [4.69, 9.17) is 28.2 Å². The summed E-state index contributed by atoms with van der Waals surface area (Å²) >= 11 is 12.3. The molecule has 0 spiro atoms. The van der Waals surface area contributed by atoms with Crippen LogP contribution >= 0.6 is 23.2 Å². The molecule has 1 unspecified atom stereocenters. The predicted octanol–water partition coefficient (Wildman–Crippen LogP) is 7.68. The van der Waals surface area contributed by atoms with Gasteiger partial charge in [0.05, 0.1) is 39.9 Å². The number of imidazole rings is 1. The van der Waals surface area contributed by atoms with Crippen molar-refractivity contribution in [2.24, 2.45) is 0 Å². The van der Waals surface area contributed by atoms with Crippen LogP contribution in [0, 0.1) is 0 Å². The number of hydrogen-bond acceptors (Lipinski definition) is 6. The Labute approximate surface area is 286 Å². The van der Waals surface area contributed by atoms with E-state index < -0.39 is 11.7 Å². The number of rotatable bonds is 14. The van der Waals surface area contributed by atoms with E-state index in [9.17, 15) is 28.2 Å². The molecule has 5 rings (SSSR count). The molecule has 0 aliphatic rings. The van der Waals surface area contributed by atoms with Gasteiger partial charge in [-0.05, 0) is 84.3 Å². The highest BCUT2D eigenvalue weighted by Gasteiger charge is 2.30. The van der Waals surface area contributed by atoms with Crippen LogP contribution in [-0.4, -0.2) is 51.9 Å². The summed E-state index contributed by atoms with van der Waals surface area (Å²) in [7, 11) is 0. The van der Waals surface area contributed by atoms with Crippen LogP contribution in [0.25, 0.3) is 22.4 Å². The van der Waals surface area contributed by atoms with Gasteiger partial charge in [0.2, 0.25) is 0 Å². The molecule has 5 aromatic rings. The molecule has 0 saturated heterocycles. The fraction of sp³-hybridized carbons (Fsp3) is 0.278. The van der Waals surface area contributed by atoms with Crippen molar-refractivity contribution in [1.29, 1.82) is 0 Å². The number of anilines is 1. The molecule has 0 amide bonds. The largest absolute Gasteiger partial charge is 0.416 e. The lowest BCUT2D eigenvalue weighted by atomic mass is 10.0. The number of nitrogens with zero attached hydrogens (tertiary/aromatic N) is 3. The molecule has 0 bridgehead atoms. The molecule has 12 heteroatoms. The summed E-state index contributed by atoms with van der Waals surface area (Å²) in [5.74, 6) is 0.614. The first kappa shape index (κ1) is 35.4. The van der Waals surface area contributed by atoms with Gasteiger partial charge in [-0.15, -0.1) is 0 Å². The molecule has 48 heavy (non-hydrogen) atoms. The number of nitrogens with one attached hydrogen (secondary N) is 1. The number of fused-ring (bicyclic) bond motifs is 1. The van der Waals surface area contributed by atoms with Crippen molar-refractivity contribution in [2.75, 3.05) is 31.2 Å². The highest BCUT2D eigenvalue weighted by atomic mass is 35.5. The Morgan fingerprint density at radius 2 is 1.56 bits per heavy atom. The van der Waals surface area contributed by atoms with E-state index in [1.807, 2.05) is 58.0 Å². The number of alkyl halides is 3. The van der Waals surface area contributed by atoms with Crippen LogP contribution in [-0.2, 0) is 24.1 Å². The second kappa shape index (κ2) is 15.5. The normalized spacial score (nSPS) is 12.4. The van der Waals surface area contributed by atoms with Gasteiger partial charge >= 0.3 is 6.18 Å². The fourth-order valence-corrected chi connectivity index (χ4v) is 5.97. The van der Waals surface area contributed by atoms with Crippen molar-refractivity contribution < 1.29 is 28.2 Å². The maximum absolute atomic E-state index is 13.3. The van der Waals surface area contributed by atoms with E-state index in [1.165, 1.54) is 19.1 Å². The number of aliphatic hydroxyl groups excluding tert-OH is 2. The van der Waals surface area contributed by atoms with Crippen molar-refractivity contribution in [1.82, 2.24) is 14.9 Å². The molecule has 0 aliphatic carbocycles. The molecule has 0 saturated carbocycles. The molecular weight excluding hydrogens is 664 g/mol. The SMILES string of the molecule is CC(=O)CC(NCc1ccc(Cl)c(Cl)c1)c1ccc2c(c1)nc(-c1ccc(N(CCO)CCO)cc1)n2Cc1ccc(C(F)(F)F)cc1. The molecule has 0 fully saturated rings. The number of carbonyl (C=O) groups excluding carboxylic acids is 1. The van der Waals surface area contributed by atoms with E-state index in [0.29, 0.717) is 46.6 Å². The van der Waals surface area contributed by atoms with Gasteiger partial charge in [-0.3, -0.25) is 4.79 Å². The van der Waals surface area contributed by atoms with Crippen molar-refractivity contribution >= 4 is 45.7 Å². The molecule has 4 aromatic carbocycles. The summed E-state index contributed by atoms with van der Waals surface area (Å²) in [4.78, 5) is 19.1. The maximum Gasteiger partial charge on any atom is 0.416 e. The van der Waals surface area contributed by atoms with Gasteiger partial charge in [-0.2, -0.15) is 13.2 Å². The Morgan fingerprint density at radius 1 is 0.896 bits per heavy atom. The Bertz CT molecular complexity index is 1860. The summed E-state index contributed by atoms with van der Waals surface area (Å²) in [6, 6.07) is 23.4. The lowest BCUT2D eigenvalue weighted by Gasteiger charge is -2.23. The van der Waals surface area contributed by atoms with Gasteiger partial charge in [0.1, 0.15) is 11.6 Å². The third kappa shape index (κ3) is 8.56. The van der Waals surface area contributed by atoms with E-state index in [-0.39, 0.29) is 38.0 Å². The quantitative estimate of drug-likeness (QED) is 0.110. The second-order valence-electron chi connectivity index (χ2n) is 11.5. The molecule has 1 aromatic heterocycles. The van der Waals surface area contributed by atoms with Crippen LogP contribution in [0.2, 0.25) is 10.0 Å². The van der Waals surface area contributed by atoms with Gasteiger partial charge in [-0.25, -0.2) is 4.98 Å². The maximum atomic E-state index is 13.3. The Balaban J connectivity index is 1.53. The summed E-state index contributed by atoms with van der Waals surface area (Å²) < 4.78 is 41.7. The Morgan fingerprint density at radius 3 is 2.17 bits per heavy atom. The zero-order chi connectivity index (χ0) is 34.4. The van der Waals surface area contributed by atoms with Crippen molar-refractivity contribution in [2.45, 2.75) is 38.7 Å². The van der Waals surface area contributed by atoms with Crippen LogP contribution in [0.15, 0.2) is 84.9 Å². The number of halogens is 5. The average molecular weight is 700 g/mol. The molecule has 1 heterocycles. The summed E-state index contributed by atoms with van der Waals surface area (Å²) in [6.07, 6.45) is -4.20. The number of hydrogen-bond donors (Lipinski definition) is 3. The second-order valence-corrected chi connectivity index (χ2v) is 12.3. The van der Waals surface area contributed by atoms with E-state index in [0.717, 1.165) is 40.0 Å². The number of benzene rings is 4. The monoisotopic (exact) mass is 698 g/mol. The number of aliphatic hydroxyl groups is 2. The third-order valence-corrected chi connectivity index (χ3v) is 8.79. The van der Waals surface area contributed by atoms with Crippen molar-refractivity contribution in [3.63, 3.8) is 0 Å². The minimum Gasteiger partial charge on any atom is -0.395 e. The van der Waals surface area contributed by atoms with Gasteiger partial charge < -0.3 is 25.0 Å². The van der Waals surface area contributed by atoms with Crippen LogP contribution < -0.4 is 10.2 Å². The first-order valence-electron chi connectivity index (χ1n) is 15.4. The zero-order valence-electron chi connectivity index (χ0n) is 26.1. The van der Waals surface area contributed by atoms with Crippen LogP contribution in [0.5, 0.6) is 0 Å². The molecule has 0 radical (unpaired) electrons. The van der Waals surface area contributed by atoms with E-state index in [1.54, 1.807) is 12.1 Å². The average Bonchev–Trinajstić information content (AvgIpc) is 3.41. The fourth-order valence-electron chi connectivity index (χ4n) is 5.64. The first-order valence-corrected chi connectivity index (χ1v) is 16.1. The minimum absolute atomic E-state index is 0.00628. The summed E-state index contributed by atoms with van der Waals surface area (Å²) in [5.41, 5.74) is 4.71. The lowest BCUT2D eigenvalue weighted by molar-refractivity contribution is -0.137. The van der Waals surface area contributed by atoms with Gasteiger partial charge in [0.25, 0.3) is 0 Å². The third-order valence-electron chi connectivity index (χ3n) is 8.06. The van der Waals surface area contributed by atoms with Crippen molar-refractivity contribution in [3.8, 4) is 11.4 Å². The van der Waals surface area contributed by atoms with Gasteiger partial charge in [0.15, 0.2) is 0 Å². The Hall–Kier alpha value is -3.93. The zero-order valence-corrected chi connectivity index (χ0v) is 27.7. The summed E-state index contributed by atoms with van der Waals surface area (Å²) in [5, 5.41) is 23.3. The van der Waals surface area contributed by atoms with Crippen molar-refractivity contribution in [3.05, 3.63) is 117 Å². The number of ketones is 1. The molecule has 1 atom stereocenters. The molecule has 7 nitrogen and oxygen atoms in total. The topological polar surface area (TPSA) is 90.6 Å². The van der Waals surface area contributed by atoms with E-state index in [2.05, 4.69) is 5.32 Å². The standard InChI is InChI=1S/C36H35Cl2F3N4O3/c1-23(48)18-32(42-21-25-4-12-30(37)31(38)19-25)27-7-13-34-33(20-27)43-35(26-5-10-29(11-6-26)44(14-16-46)15-17-47)45(34)22-24-2-8-28(9-3-24)36(39,40)41/h2-13,19-20,32,42,46-47H,14-18,21-22H2,1H3. The predicted molar refractivity (Wildman–Crippen MR) is 183 cm³/mol. The molecule has 252 valence electrons. The van der Waals surface area contributed by atoms with Gasteiger partial charge in [-0.1, -0.05) is 47.5 Å². The van der Waals surface area contributed by atoms with Gasteiger partial charge in [0, 0.05) is 49.9 Å². The number of aromatic nitrogens is 2. The Kier molecular flexibility index (Phi) is 11.4. The van der Waals surface area contributed by atoms with Crippen LogP contribution in [0.4, 0.5) is 18.9 Å². The number of carbonyl (C=O) groups is 1. The first-order chi connectivity index (χ1) is 23.0. The highest BCUT2D eigenvalue weighted by molar-refractivity contribution is 6.42. The molecule has 0 aliphatic heterocycles. The van der Waals surface area contributed by atoms with Crippen LogP contribution in [0.1, 0.15) is 41.6 Å². The van der Waals surface area contributed by atoms with E-state index >= 15 is 0 Å². The minimum atomic E-state index is -4.44. The number of Topliss-reactive ketones (excluding diaryl/α,β-unsaturated/α-hetero) is 1. The van der Waals surface area contributed by atoms with Crippen LogP contribution in [0.3, 0.4) is 0 Å². The highest BCUT2D eigenvalue weighted by Crippen LogP contribution is 2.32.